The van der Waals surface area contributed by atoms with Gasteiger partial charge in [0.15, 0.2) is 5.01 Å². The van der Waals surface area contributed by atoms with Crippen molar-refractivity contribution in [2.45, 2.75) is 33.8 Å². The number of rotatable bonds is 5. The Bertz CT molecular complexity index is 371. The van der Waals surface area contributed by atoms with E-state index in [0.29, 0.717) is 18.2 Å². The van der Waals surface area contributed by atoms with Crippen LogP contribution in [0.25, 0.3) is 0 Å². The molecule has 5 nitrogen and oxygen atoms in total. The van der Waals surface area contributed by atoms with Crippen LogP contribution in [0.4, 0.5) is 0 Å². The first-order chi connectivity index (χ1) is 7.92. The van der Waals surface area contributed by atoms with E-state index in [1.165, 1.54) is 11.3 Å². The number of nitrogens with one attached hydrogen (secondary N) is 1. The molecular formula is C11H19N3O2S. The highest BCUT2D eigenvalue weighted by atomic mass is 32.1. The number of nitrogens with two attached hydrogens (primary N) is 1. The molecule has 0 aliphatic carbocycles. The van der Waals surface area contributed by atoms with Crippen LogP contribution < -0.4 is 11.3 Å². The van der Waals surface area contributed by atoms with E-state index in [9.17, 15) is 4.79 Å². The zero-order chi connectivity index (χ0) is 12.9. The number of hydrazine groups is 1. The quantitative estimate of drug-likeness (QED) is 0.364. The zero-order valence-corrected chi connectivity index (χ0v) is 11.3. The molecule has 0 bridgehead atoms. The number of hydrogen-bond donors (Lipinski definition) is 2. The van der Waals surface area contributed by atoms with Crippen molar-refractivity contribution in [2.75, 3.05) is 6.61 Å². The summed E-state index contributed by atoms with van der Waals surface area (Å²) in [6.07, 6.45) is 0.993. The lowest BCUT2D eigenvalue weighted by atomic mass is 9.93. The number of nitrogen functional groups attached to an aromatic ring is 1. The van der Waals surface area contributed by atoms with E-state index in [-0.39, 0.29) is 11.3 Å². The smallest absolute Gasteiger partial charge is 0.294 e. The van der Waals surface area contributed by atoms with Gasteiger partial charge in [0.1, 0.15) is 0 Å². The highest BCUT2D eigenvalue weighted by molar-refractivity contribution is 7.11. The molecule has 0 spiro atoms. The van der Waals surface area contributed by atoms with Gasteiger partial charge in [0, 0.05) is 12.0 Å². The molecule has 0 aliphatic heterocycles. The van der Waals surface area contributed by atoms with Crippen LogP contribution in [0.5, 0.6) is 0 Å². The number of hydrogen-bond acceptors (Lipinski definition) is 5. The fraction of sp³-hybridized carbons (Fsp3) is 0.636. The highest BCUT2D eigenvalue weighted by Gasteiger charge is 2.11. The van der Waals surface area contributed by atoms with Crippen LogP contribution in [0.1, 0.15) is 42.7 Å². The molecule has 1 aromatic rings. The number of carbonyl (C=O) groups is 1. The first-order valence-corrected chi connectivity index (χ1v) is 6.33. The second-order valence-corrected chi connectivity index (χ2v) is 5.84. The fourth-order valence-corrected chi connectivity index (χ4v) is 1.80. The topological polar surface area (TPSA) is 77.2 Å². The Hall–Kier alpha value is -0.980. The molecule has 0 saturated heterocycles. The minimum Gasteiger partial charge on any atom is -0.375 e. The Morgan fingerprint density at radius 2 is 2.29 bits per heavy atom. The molecule has 1 rings (SSSR count). The maximum atomic E-state index is 11.2. The van der Waals surface area contributed by atoms with E-state index in [1.54, 1.807) is 0 Å². The summed E-state index contributed by atoms with van der Waals surface area (Å²) in [7, 11) is 0. The molecule has 0 fully saturated rings. The van der Waals surface area contributed by atoms with Gasteiger partial charge in [-0.15, -0.1) is 11.3 Å². The number of aromatic nitrogens is 1. The molecule has 1 aromatic heterocycles. The standard InChI is InChI=1S/C11H19N3O2S/c1-11(2,3)4-5-16-6-8-7-17-10(13-8)9(15)14-12/h7H,4-6,12H2,1-3H3,(H,14,15). The van der Waals surface area contributed by atoms with Crippen LogP contribution >= 0.6 is 11.3 Å². The summed E-state index contributed by atoms with van der Waals surface area (Å²) in [5.41, 5.74) is 3.09. The molecule has 1 amide bonds. The van der Waals surface area contributed by atoms with Crippen molar-refractivity contribution >= 4 is 17.2 Å². The number of amides is 1. The van der Waals surface area contributed by atoms with Gasteiger partial charge in [0.25, 0.3) is 5.91 Å². The van der Waals surface area contributed by atoms with Gasteiger partial charge in [-0.1, -0.05) is 20.8 Å². The molecule has 3 N–H and O–H groups in total. The third kappa shape index (κ3) is 5.25. The first-order valence-electron chi connectivity index (χ1n) is 5.45. The molecule has 0 saturated carbocycles. The summed E-state index contributed by atoms with van der Waals surface area (Å²) in [6.45, 7) is 7.64. The van der Waals surface area contributed by atoms with Gasteiger partial charge in [-0.25, -0.2) is 10.8 Å². The Labute approximate surface area is 105 Å². The summed E-state index contributed by atoms with van der Waals surface area (Å²) in [5.74, 6) is 4.65. The predicted octanol–water partition coefficient (Wildman–Crippen LogP) is 1.70. The SMILES string of the molecule is CC(C)(C)CCOCc1csc(C(=O)NN)n1. The molecule has 6 heteroatoms. The molecule has 96 valence electrons. The number of ether oxygens (including phenoxy) is 1. The van der Waals surface area contributed by atoms with Gasteiger partial charge in [-0.2, -0.15) is 0 Å². The second-order valence-electron chi connectivity index (χ2n) is 4.98. The van der Waals surface area contributed by atoms with Crippen molar-refractivity contribution in [3.8, 4) is 0 Å². The van der Waals surface area contributed by atoms with Gasteiger partial charge in [0.05, 0.1) is 12.3 Å². The van der Waals surface area contributed by atoms with Crippen molar-refractivity contribution in [2.24, 2.45) is 11.3 Å². The van der Waals surface area contributed by atoms with Crippen molar-refractivity contribution in [3.05, 3.63) is 16.1 Å². The molecule has 0 aromatic carbocycles. The van der Waals surface area contributed by atoms with Crippen molar-refractivity contribution in [1.82, 2.24) is 10.4 Å². The van der Waals surface area contributed by atoms with E-state index < -0.39 is 0 Å². The van der Waals surface area contributed by atoms with Gasteiger partial charge in [-0.3, -0.25) is 10.2 Å². The van der Waals surface area contributed by atoms with Gasteiger partial charge in [0.2, 0.25) is 0 Å². The lowest BCUT2D eigenvalue weighted by Crippen LogP contribution is -2.29. The number of thiazole rings is 1. The predicted molar refractivity (Wildman–Crippen MR) is 67.5 cm³/mol. The molecular weight excluding hydrogens is 238 g/mol. The summed E-state index contributed by atoms with van der Waals surface area (Å²) >= 11 is 1.26. The van der Waals surface area contributed by atoms with E-state index in [2.05, 4.69) is 25.8 Å². The Kier molecular flexibility index (Phi) is 5.04. The normalized spacial score (nSPS) is 11.5. The van der Waals surface area contributed by atoms with E-state index in [1.807, 2.05) is 10.8 Å². The Morgan fingerprint density at radius 3 is 2.88 bits per heavy atom. The minimum absolute atomic E-state index is 0.271. The average Bonchev–Trinajstić information content (AvgIpc) is 2.70. The number of nitrogens with zero attached hydrogens (tertiary/aromatic N) is 1. The second kappa shape index (κ2) is 6.09. The van der Waals surface area contributed by atoms with Crippen LogP contribution in [-0.4, -0.2) is 17.5 Å². The summed E-state index contributed by atoms with van der Waals surface area (Å²) in [4.78, 5) is 15.3. The molecule has 0 aliphatic rings. The van der Waals surface area contributed by atoms with Gasteiger partial charge in [-0.05, 0) is 11.8 Å². The maximum absolute atomic E-state index is 11.2. The zero-order valence-electron chi connectivity index (χ0n) is 10.4. The van der Waals surface area contributed by atoms with Crippen LogP contribution in [0, 0.1) is 5.41 Å². The highest BCUT2D eigenvalue weighted by Crippen LogP contribution is 2.18. The summed E-state index contributed by atoms with van der Waals surface area (Å²) in [6, 6.07) is 0. The third-order valence-electron chi connectivity index (χ3n) is 2.12. The van der Waals surface area contributed by atoms with Crippen LogP contribution in [0.2, 0.25) is 0 Å². The molecule has 0 unspecified atom stereocenters. The Balaban J connectivity index is 2.33. The van der Waals surface area contributed by atoms with Crippen molar-refractivity contribution < 1.29 is 9.53 Å². The molecule has 0 radical (unpaired) electrons. The van der Waals surface area contributed by atoms with Gasteiger partial charge < -0.3 is 4.74 Å². The maximum Gasteiger partial charge on any atom is 0.294 e. The first kappa shape index (κ1) is 14.1. The number of carbonyl (C=O) groups excluding carboxylic acids is 1. The van der Waals surface area contributed by atoms with Crippen molar-refractivity contribution in [1.29, 1.82) is 0 Å². The van der Waals surface area contributed by atoms with E-state index >= 15 is 0 Å². The fourth-order valence-electron chi connectivity index (χ4n) is 1.09. The molecule has 17 heavy (non-hydrogen) atoms. The molecule has 1 heterocycles. The third-order valence-corrected chi connectivity index (χ3v) is 3.01. The summed E-state index contributed by atoms with van der Waals surface area (Å²) < 4.78 is 5.50. The van der Waals surface area contributed by atoms with Crippen LogP contribution in [0.3, 0.4) is 0 Å². The van der Waals surface area contributed by atoms with E-state index in [4.69, 9.17) is 10.6 Å². The van der Waals surface area contributed by atoms with Crippen LogP contribution in [0.15, 0.2) is 5.38 Å². The monoisotopic (exact) mass is 257 g/mol. The summed E-state index contributed by atoms with van der Waals surface area (Å²) in [5, 5.41) is 2.17. The van der Waals surface area contributed by atoms with E-state index in [0.717, 1.165) is 12.1 Å². The lowest BCUT2D eigenvalue weighted by Gasteiger charge is -2.17. The Morgan fingerprint density at radius 1 is 1.59 bits per heavy atom. The van der Waals surface area contributed by atoms with Crippen LogP contribution in [-0.2, 0) is 11.3 Å². The van der Waals surface area contributed by atoms with Crippen molar-refractivity contribution in [3.63, 3.8) is 0 Å². The minimum atomic E-state index is -0.365. The lowest BCUT2D eigenvalue weighted by molar-refractivity contribution is 0.0930. The average molecular weight is 257 g/mol. The van der Waals surface area contributed by atoms with Gasteiger partial charge >= 0.3 is 0 Å². The largest absolute Gasteiger partial charge is 0.375 e. The molecule has 0 atom stereocenters.